The first kappa shape index (κ1) is 60.9. The lowest BCUT2D eigenvalue weighted by molar-refractivity contribution is 0.0406. The number of anilines is 6. The van der Waals surface area contributed by atoms with Crippen LogP contribution in [0.15, 0.2) is 161 Å². The van der Waals surface area contributed by atoms with E-state index in [1.165, 1.54) is 12.4 Å². The molecule has 464 valence electrons. The quantitative estimate of drug-likeness (QED) is 0.0376. The zero-order chi connectivity index (χ0) is 62.0. The van der Waals surface area contributed by atoms with Crippen LogP contribution in [0.5, 0.6) is 23.8 Å². The van der Waals surface area contributed by atoms with Crippen molar-refractivity contribution in [2.75, 3.05) is 96.7 Å². The average Bonchev–Trinajstić information content (AvgIpc) is 2.08. The topological polar surface area (TPSA) is 267 Å². The first-order chi connectivity index (χ1) is 44.7. The molecule has 3 fully saturated rings. The maximum Gasteiger partial charge on any atom is 0.325 e. The van der Waals surface area contributed by atoms with E-state index in [0.29, 0.717) is 136 Å². The van der Waals surface area contributed by atoms with Crippen LogP contribution in [0.2, 0.25) is 5.02 Å². The van der Waals surface area contributed by atoms with Crippen molar-refractivity contribution in [3.63, 3.8) is 0 Å². The summed E-state index contributed by atoms with van der Waals surface area (Å²) in [6, 6.07) is 41.8. The Morgan fingerprint density at radius 3 is 1.58 bits per heavy atom. The molecule has 2 atom stereocenters. The van der Waals surface area contributed by atoms with Gasteiger partial charge in [-0.15, -0.1) is 0 Å². The Kier molecular flexibility index (Phi) is 20.2. The van der Waals surface area contributed by atoms with Crippen molar-refractivity contribution in [1.29, 1.82) is 0 Å². The molecule has 91 heavy (non-hydrogen) atoms. The second-order valence-electron chi connectivity index (χ2n) is 21.5. The van der Waals surface area contributed by atoms with Gasteiger partial charge in [0, 0.05) is 94.6 Å². The monoisotopic (exact) mass is 1240 g/mol. The molecule has 0 aliphatic carbocycles. The predicted octanol–water partition coefficient (Wildman–Crippen LogP) is 8.93. The number of hydrazone groups is 3. The molecule has 3 aliphatic heterocycles. The highest BCUT2D eigenvalue weighted by Crippen LogP contribution is 2.28. The van der Waals surface area contributed by atoms with Crippen molar-refractivity contribution in [2.24, 2.45) is 15.3 Å². The summed E-state index contributed by atoms with van der Waals surface area (Å²) in [5.41, 5.74) is 16.2. The van der Waals surface area contributed by atoms with Crippen LogP contribution >= 0.6 is 11.6 Å². The van der Waals surface area contributed by atoms with E-state index in [1.807, 2.05) is 117 Å². The molecular weight excluding hydrogens is 1180 g/mol. The average molecular weight is 1240 g/mol. The first-order valence-corrected chi connectivity index (χ1v) is 30.1. The van der Waals surface area contributed by atoms with Gasteiger partial charge in [-0.05, 0) is 59.9 Å². The number of nitrogens with zero attached hydrogens (tertiary/aromatic N) is 16. The maximum absolute atomic E-state index is 6.37. The van der Waals surface area contributed by atoms with Crippen molar-refractivity contribution in [1.82, 2.24) is 49.8 Å². The van der Waals surface area contributed by atoms with Crippen LogP contribution in [0, 0.1) is 13.8 Å². The highest BCUT2D eigenvalue weighted by atomic mass is 35.5. The number of hydrogen-bond donors (Lipinski definition) is 3. The Balaban J connectivity index is 0.683. The Bertz CT molecular complexity index is 3980. The molecule has 9 aromatic rings. The van der Waals surface area contributed by atoms with Gasteiger partial charge in [-0.1, -0.05) is 108 Å². The normalized spacial score (nSPS) is 16.1. The molecular formula is C65H66ClN19O6. The third-order valence-electron chi connectivity index (χ3n) is 14.5. The highest BCUT2D eigenvalue weighted by Gasteiger charge is 2.26. The van der Waals surface area contributed by atoms with Crippen LogP contribution in [0.25, 0.3) is 0 Å². The molecule has 3 N–H and O–H groups in total. The van der Waals surface area contributed by atoms with Gasteiger partial charge < -0.3 is 43.1 Å². The molecule has 0 radical (unpaired) electrons. The van der Waals surface area contributed by atoms with Crippen LogP contribution in [-0.2, 0) is 40.3 Å². The van der Waals surface area contributed by atoms with Gasteiger partial charge in [0.15, 0.2) is 42.3 Å². The van der Waals surface area contributed by atoms with Gasteiger partial charge in [-0.2, -0.15) is 45.2 Å². The lowest BCUT2D eigenvalue weighted by atomic mass is 10.0. The van der Waals surface area contributed by atoms with Crippen LogP contribution in [0.1, 0.15) is 50.7 Å². The first-order valence-electron chi connectivity index (χ1n) is 29.8. The van der Waals surface area contributed by atoms with E-state index in [-0.39, 0.29) is 43.5 Å². The maximum atomic E-state index is 6.37. The van der Waals surface area contributed by atoms with Crippen molar-refractivity contribution in [2.45, 2.75) is 52.1 Å². The standard InChI is InChI=1S/C65H66ClN19O6/c1-44-9-6-12-48(27-44)35-70-81-56-33-61(78-64(75-56)89-42-58-68-38-51(66)39-69-58)84-21-25-87-53(40-84)30-46-10-8-14-50(29-46)37-72-82-57-34-62(79-65(76-57)91-52-15-4-3-5-16-52)85-22-26-88-54(41-85)31-47-11-7-13-49(28-47)36-71-80-55-32-60(83-19-23-86-24-20-83)77-63(74-55)90-43-59-67-18-17-45(2)73-59/h3-18,27-29,32-39,53-54H,19-26,30-31,40-43H2,1-2H3,(H,74,77,80)(H,75,78,81)(H,76,79,82)/b70-35+,71-36+,72-37+. The number of ether oxygens (including phenoxy) is 6. The van der Waals surface area contributed by atoms with Crippen LogP contribution in [0.3, 0.4) is 0 Å². The number of halogens is 1. The fourth-order valence-corrected chi connectivity index (χ4v) is 10.3. The van der Waals surface area contributed by atoms with Crippen LogP contribution in [0.4, 0.5) is 34.9 Å². The van der Waals surface area contributed by atoms with E-state index in [0.717, 1.165) is 39.1 Å². The molecule has 3 saturated heterocycles. The van der Waals surface area contributed by atoms with Crippen molar-refractivity contribution >= 4 is 65.2 Å². The third-order valence-corrected chi connectivity index (χ3v) is 14.7. The van der Waals surface area contributed by atoms with E-state index in [2.05, 4.69) is 105 Å². The minimum absolute atomic E-state index is 0.0416. The predicted molar refractivity (Wildman–Crippen MR) is 347 cm³/mol. The highest BCUT2D eigenvalue weighted by molar-refractivity contribution is 6.30. The number of aromatic nitrogens is 10. The zero-order valence-electron chi connectivity index (χ0n) is 50.1. The minimum Gasteiger partial charge on any atom is -0.455 e. The van der Waals surface area contributed by atoms with Crippen molar-refractivity contribution in [3.8, 4) is 23.8 Å². The summed E-state index contributed by atoms with van der Waals surface area (Å²) in [5.74, 6) is 4.98. The summed E-state index contributed by atoms with van der Waals surface area (Å²) in [6.07, 6.45) is 11.0. The number of morpholine rings is 3. The number of aryl methyl sites for hydroxylation is 2. The molecule has 3 aliphatic rings. The number of hydrogen-bond acceptors (Lipinski definition) is 25. The molecule has 0 bridgehead atoms. The van der Waals surface area contributed by atoms with Gasteiger partial charge in [-0.3, -0.25) is 16.3 Å². The third kappa shape index (κ3) is 17.9. The van der Waals surface area contributed by atoms with Crippen LogP contribution in [-0.4, -0.2) is 146 Å². The Morgan fingerprint density at radius 2 is 1.02 bits per heavy atom. The molecule has 0 saturated carbocycles. The van der Waals surface area contributed by atoms with Gasteiger partial charge in [-0.25, -0.2) is 19.9 Å². The molecule has 5 aromatic heterocycles. The number of para-hydroxylation sites is 1. The minimum atomic E-state index is -0.151. The summed E-state index contributed by atoms with van der Waals surface area (Å²) in [4.78, 5) is 52.0. The molecule has 4 aromatic carbocycles. The van der Waals surface area contributed by atoms with Gasteiger partial charge in [0.05, 0.1) is 62.3 Å². The van der Waals surface area contributed by atoms with E-state index in [4.69, 9.17) is 55.0 Å². The summed E-state index contributed by atoms with van der Waals surface area (Å²) in [6.45, 7) is 10.0. The number of rotatable bonds is 24. The molecule has 25 nitrogen and oxygen atoms in total. The Hall–Kier alpha value is -10.3. The second kappa shape index (κ2) is 30.2. The fraction of sp³-hybridized carbons (Fsp3) is 0.277. The second-order valence-corrected chi connectivity index (χ2v) is 21.9. The van der Waals surface area contributed by atoms with Gasteiger partial charge in [0.25, 0.3) is 0 Å². The summed E-state index contributed by atoms with van der Waals surface area (Å²) < 4.78 is 36.5. The summed E-state index contributed by atoms with van der Waals surface area (Å²) >= 11 is 6.02. The molecule has 12 rings (SSSR count). The lowest BCUT2D eigenvalue weighted by Gasteiger charge is -2.34. The number of nitrogens with one attached hydrogen (secondary N) is 3. The fourth-order valence-electron chi connectivity index (χ4n) is 10.2. The van der Waals surface area contributed by atoms with E-state index < -0.39 is 0 Å². The SMILES string of the molecule is Cc1cccc(/C=N/Nc2cc(N3CCOC(Cc4cccc(/C=N/Nc5cc(N6CCOC(Cc7cccc(/C=N/Nc8cc(N9CCOCC9)nc(OCc9nccc(C)n9)n8)c7)C6)nc(Oc6ccccc6)n5)c4)C3)nc(OCc3ncc(Cl)cn3)n2)c1. The largest absolute Gasteiger partial charge is 0.455 e. The van der Waals surface area contributed by atoms with E-state index >= 15 is 0 Å². The molecule has 0 spiro atoms. The van der Waals surface area contributed by atoms with Crippen molar-refractivity contribution < 1.29 is 28.4 Å². The van der Waals surface area contributed by atoms with Crippen molar-refractivity contribution in [3.05, 3.63) is 202 Å². The van der Waals surface area contributed by atoms with Gasteiger partial charge in [0.2, 0.25) is 0 Å². The van der Waals surface area contributed by atoms with E-state index in [1.54, 1.807) is 24.8 Å². The lowest BCUT2D eigenvalue weighted by Crippen LogP contribution is -2.44. The van der Waals surface area contributed by atoms with Gasteiger partial charge >= 0.3 is 18.0 Å². The Labute approximate surface area is 530 Å². The molecule has 2 unspecified atom stereocenters. The number of benzene rings is 4. The molecule has 26 heteroatoms. The molecule has 8 heterocycles. The van der Waals surface area contributed by atoms with E-state index in [9.17, 15) is 0 Å². The summed E-state index contributed by atoms with van der Waals surface area (Å²) in [5, 5.41) is 14.1. The zero-order valence-corrected chi connectivity index (χ0v) is 50.9. The molecule has 0 amide bonds. The smallest absolute Gasteiger partial charge is 0.325 e. The van der Waals surface area contributed by atoms with Gasteiger partial charge in [0.1, 0.15) is 23.2 Å². The Morgan fingerprint density at radius 1 is 0.516 bits per heavy atom. The summed E-state index contributed by atoms with van der Waals surface area (Å²) in [7, 11) is 0. The van der Waals surface area contributed by atoms with Crippen LogP contribution < -0.4 is 45.2 Å².